The molecule has 9 heteroatoms. The molecule has 0 radical (unpaired) electrons. The molecule has 0 amide bonds. The number of aromatic nitrogens is 6. The number of methoxy groups -OCH3 is 1. The highest BCUT2D eigenvalue weighted by Crippen LogP contribution is 2.28. The highest BCUT2D eigenvalue weighted by atomic mass is 16.5. The zero-order chi connectivity index (χ0) is 18.4. The lowest BCUT2D eigenvalue weighted by atomic mass is 10.1. The molecule has 1 aromatic carbocycles. The molecule has 5 rings (SSSR count). The summed E-state index contributed by atoms with van der Waals surface area (Å²) in [6.07, 6.45) is 3.83. The van der Waals surface area contributed by atoms with E-state index in [4.69, 9.17) is 9.72 Å². The summed E-state index contributed by atoms with van der Waals surface area (Å²) in [5.41, 5.74) is 1.56. The van der Waals surface area contributed by atoms with Crippen molar-refractivity contribution in [1.82, 2.24) is 34.3 Å². The fraction of sp³-hybridized carbons (Fsp3) is 0.333. The van der Waals surface area contributed by atoms with E-state index < -0.39 is 0 Å². The number of rotatable bonds is 5. The molecule has 3 aromatic heterocycles. The van der Waals surface area contributed by atoms with E-state index in [0.717, 1.165) is 41.2 Å². The molecule has 0 bridgehead atoms. The minimum atomic E-state index is 0.427. The first-order valence-electron chi connectivity index (χ1n) is 8.88. The molecule has 0 aliphatic carbocycles. The van der Waals surface area contributed by atoms with Crippen LogP contribution in [-0.2, 0) is 6.54 Å². The van der Waals surface area contributed by atoms with E-state index in [1.54, 1.807) is 11.6 Å². The normalized spacial score (nSPS) is 15.3. The number of ether oxygens (including phenoxy) is 1. The van der Waals surface area contributed by atoms with Gasteiger partial charge in [-0.25, -0.2) is 9.97 Å². The van der Waals surface area contributed by atoms with Crippen LogP contribution in [0.1, 0.15) is 11.9 Å². The molecule has 27 heavy (non-hydrogen) atoms. The lowest BCUT2D eigenvalue weighted by Crippen LogP contribution is -2.47. The molecule has 0 unspecified atom stereocenters. The van der Waals surface area contributed by atoms with Crippen LogP contribution in [0.2, 0.25) is 0 Å². The van der Waals surface area contributed by atoms with Crippen LogP contribution in [0, 0.1) is 0 Å². The van der Waals surface area contributed by atoms with Crippen molar-refractivity contribution in [3.63, 3.8) is 0 Å². The fourth-order valence-electron chi connectivity index (χ4n) is 3.58. The van der Waals surface area contributed by atoms with Crippen LogP contribution in [0.3, 0.4) is 0 Å². The lowest BCUT2D eigenvalue weighted by molar-refractivity contribution is 0.0882. The molecule has 1 saturated heterocycles. The van der Waals surface area contributed by atoms with E-state index in [0.29, 0.717) is 18.5 Å². The number of nitrogens with zero attached hydrogens (tertiary/aromatic N) is 7. The zero-order valence-electron chi connectivity index (χ0n) is 15.2. The number of hydrogen-bond donors (Lipinski definition) is 1. The van der Waals surface area contributed by atoms with Gasteiger partial charge >= 0.3 is 0 Å². The minimum absolute atomic E-state index is 0.427. The van der Waals surface area contributed by atoms with Gasteiger partial charge in [-0.1, -0.05) is 6.07 Å². The van der Waals surface area contributed by atoms with Gasteiger partial charge < -0.3 is 10.1 Å². The second-order valence-electron chi connectivity index (χ2n) is 6.64. The molecule has 1 N–H and O–H groups in total. The van der Waals surface area contributed by atoms with Crippen LogP contribution in [0.4, 0.5) is 5.95 Å². The van der Waals surface area contributed by atoms with Gasteiger partial charge in [-0.3, -0.25) is 9.58 Å². The van der Waals surface area contributed by atoms with Gasteiger partial charge in [0.15, 0.2) is 11.5 Å². The first kappa shape index (κ1) is 16.0. The second-order valence-corrected chi connectivity index (χ2v) is 6.64. The maximum atomic E-state index is 5.46. The van der Waals surface area contributed by atoms with E-state index >= 15 is 0 Å². The van der Waals surface area contributed by atoms with Crippen molar-refractivity contribution in [3.8, 4) is 5.75 Å². The number of benzene rings is 1. The van der Waals surface area contributed by atoms with Gasteiger partial charge in [-0.2, -0.15) is 9.61 Å². The largest absolute Gasteiger partial charge is 0.494 e. The van der Waals surface area contributed by atoms with Gasteiger partial charge in [0.05, 0.1) is 19.7 Å². The van der Waals surface area contributed by atoms with Gasteiger partial charge in [0.25, 0.3) is 0 Å². The summed E-state index contributed by atoms with van der Waals surface area (Å²) < 4.78 is 9.23. The van der Waals surface area contributed by atoms with Crippen LogP contribution in [0.5, 0.6) is 5.75 Å². The Kier molecular flexibility index (Phi) is 3.68. The number of para-hydroxylation sites is 1. The van der Waals surface area contributed by atoms with Crippen LogP contribution < -0.4 is 10.1 Å². The molecule has 1 aliphatic rings. The number of nitrogens with one attached hydrogen (secondary N) is 1. The Hall–Kier alpha value is -3.20. The SMILES string of the molecule is CNc1nc2c(OC)cccc2c2nc(CN3CC(n4cccn4)C3)nn12. The summed E-state index contributed by atoms with van der Waals surface area (Å²) in [6, 6.07) is 8.22. The number of likely N-dealkylation sites (tertiary alicyclic amines) is 1. The van der Waals surface area contributed by atoms with E-state index in [1.807, 2.05) is 48.4 Å². The number of anilines is 1. The summed E-state index contributed by atoms with van der Waals surface area (Å²) in [5, 5.41) is 13.0. The molecular weight excluding hydrogens is 344 g/mol. The third-order valence-corrected chi connectivity index (χ3v) is 4.95. The molecule has 138 valence electrons. The van der Waals surface area contributed by atoms with Gasteiger partial charge in [0.1, 0.15) is 11.3 Å². The van der Waals surface area contributed by atoms with Crippen molar-refractivity contribution >= 4 is 22.5 Å². The Labute approximate surface area is 155 Å². The molecule has 0 atom stereocenters. The molecule has 4 aromatic rings. The second kappa shape index (κ2) is 6.20. The summed E-state index contributed by atoms with van der Waals surface area (Å²) >= 11 is 0. The van der Waals surface area contributed by atoms with Crippen molar-refractivity contribution < 1.29 is 4.74 Å². The van der Waals surface area contributed by atoms with E-state index in [9.17, 15) is 0 Å². The standard InChI is InChI=1S/C18H20N8O/c1-19-18-22-16-13(5-3-6-14(16)27-2)17-21-15(23-26(17)18)11-24-9-12(10-24)25-8-4-7-20-25/h3-8,12H,9-11H2,1-2H3,(H,19,22). The van der Waals surface area contributed by atoms with Crippen LogP contribution in [0.15, 0.2) is 36.7 Å². The highest BCUT2D eigenvalue weighted by Gasteiger charge is 2.29. The topological polar surface area (TPSA) is 85.4 Å². The highest BCUT2D eigenvalue weighted by molar-refractivity contribution is 5.95. The third-order valence-electron chi connectivity index (χ3n) is 4.95. The molecule has 4 heterocycles. The van der Waals surface area contributed by atoms with E-state index in [1.165, 1.54) is 0 Å². The van der Waals surface area contributed by atoms with Crippen molar-refractivity contribution in [2.75, 3.05) is 32.6 Å². The summed E-state index contributed by atoms with van der Waals surface area (Å²) in [5.74, 6) is 2.14. The third kappa shape index (κ3) is 2.58. The average molecular weight is 364 g/mol. The molecular formula is C18H20N8O. The summed E-state index contributed by atoms with van der Waals surface area (Å²) in [4.78, 5) is 11.8. The van der Waals surface area contributed by atoms with Crippen molar-refractivity contribution in [1.29, 1.82) is 0 Å². The Morgan fingerprint density at radius 3 is 2.85 bits per heavy atom. The Balaban J connectivity index is 1.47. The van der Waals surface area contributed by atoms with Crippen LogP contribution in [-0.4, -0.2) is 61.5 Å². The lowest BCUT2D eigenvalue weighted by Gasteiger charge is -2.38. The first-order chi connectivity index (χ1) is 13.3. The summed E-state index contributed by atoms with van der Waals surface area (Å²) in [7, 11) is 3.48. The van der Waals surface area contributed by atoms with Crippen molar-refractivity contribution in [2.45, 2.75) is 12.6 Å². The monoisotopic (exact) mass is 364 g/mol. The fourth-order valence-corrected chi connectivity index (χ4v) is 3.58. The van der Waals surface area contributed by atoms with Gasteiger partial charge in [-0.05, 0) is 18.2 Å². The quantitative estimate of drug-likeness (QED) is 0.575. The Morgan fingerprint density at radius 2 is 2.11 bits per heavy atom. The predicted octanol–water partition coefficient (Wildman–Crippen LogP) is 1.58. The van der Waals surface area contributed by atoms with Gasteiger partial charge in [0, 0.05) is 37.9 Å². The van der Waals surface area contributed by atoms with Gasteiger partial charge in [0.2, 0.25) is 5.95 Å². The Morgan fingerprint density at radius 1 is 1.22 bits per heavy atom. The number of fused-ring (bicyclic) bond motifs is 3. The summed E-state index contributed by atoms with van der Waals surface area (Å²) in [6.45, 7) is 2.60. The smallest absolute Gasteiger partial charge is 0.226 e. The zero-order valence-corrected chi connectivity index (χ0v) is 15.2. The van der Waals surface area contributed by atoms with Crippen molar-refractivity contribution in [3.05, 3.63) is 42.5 Å². The van der Waals surface area contributed by atoms with Crippen LogP contribution in [0.25, 0.3) is 16.6 Å². The molecule has 0 saturated carbocycles. The van der Waals surface area contributed by atoms with Crippen LogP contribution >= 0.6 is 0 Å². The first-order valence-corrected chi connectivity index (χ1v) is 8.88. The molecule has 1 aliphatic heterocycles. The van der Waals surface area contributed by atoms with E-state index in [-0.39, 0.29) is 0 Å². The molecule has 1 fully saturated rings. The van der Waals surface area contributed by atoms with Gasteiger partial charge in [-0.15, -0.1) is 5.10 Å². The van der Waals surface area contributed by atoms with E-state index in [2.05, 4.69) is 25.4 Å². The number of hydrogen-bond acceptors (Lipinski definition) is 7. The average Bonchev–Trinajstić information content (AvgIpc) is 3.32. The maximum absolute atomic E-state index is 5.46. The minimum Gasteiger partial charge on any atom is -0.494 e. The molecule has 0 spiro atoms. The van der Waals surface area contributed by atoms with Crippen molar-refractivity contribution in [2.24, 2.45) is 0 Å². The molecule has 9 nitrogen and oxygen atoms in total. The Bertz CT molecular complexity index is 1100. The maximum Gasteiger partial charge on any atom is 0.226 e. The predicted molar refractivity (Wildman–Crippen MR) is 101 cm³/mol.